The van der Waals surface area contributed by atoms with Crippen molar-refractivity contribution in [2.45, 2.75) is 43.1 Å². The number of hydrogen-bond acceptors (Lipinski definition) is 12. The van der Waals surface area contributed by atoms with Crippen molar-refractivity contribution in [1.29, 1.82) is 5.26 Å². The Morgan fingerprint density at radius 2 is 1.73 bits per heavy atom. The van der Waals surface area contributed by atoms with Crippen molar-refractivity contribution in [2.24, 2.45) is 34.5 Å². The molecule has 0 bridgehead atoms. The molecule has 0 radical (unpaired) electrons. The van der Waals surface area contributed by atoms with E-state index < -0.39 is 75.6 Å². The van der Waals surface area contributed by atoms with Crippen LogP contribution in [0.25, 0.3) is 11.1 Å². The van der Waals surface area contributed by atoms with Crippen LogP contribution >= 0.6 is 0 Å². The zero-order valence-electron chi connectivity index (χ0n) is 28.2. The van der Waals surface area contributed by atoms with Gasteiger partial charge >= 0.3 is 0 Å². The molecule has 0 saturated heterocycles. The van der Waals surface area contributed by atoms with Crippen molar-refractivity contribution in [3.05, 3.63) is 82.7 Å². The number of ketones is 4. The third kappa shape index (κ3) is 5.15. The number of likely N-dealkylation sites (N-methyl/N-ethyl adjacent to an activating group) is 1. The number of carbonyl (C=O) groups excluding carboxylic acids is 5. The van der Waals surface area contributed by atoms with E-state index in [1.165, 1.54) is 44.3 Å². The minimum absolute atomic E-state index is 0.226. The van der Waals surface area contributed by atoms with E-state index in [1.54, 1.807) is 30.3 Å². The number of fused-ring (bicyclic) bond motifs is 3. The molecule has 2 unspecified atom stereocenters. The summed E-state index contributed by atoms with van der Waals surface area (Å²) in [5.41, 5.74) is 15.0. The fourth-order valence-corrected chi connectivity index (χ4v) is 8.53. The number of nitrogens with zero attached hydrogens (tertiary/aromatic N) is 2. The Kier molecular flexibility index (Phi) is 8.68. The number of primary amides is 1. The second kappa shape index (κ2) is 12.5. The molecular formula is C37H37FN6O7. The molecule has 0 aliphatic heterocycles. The number of benzene rings is 3. The van der Waals surface area contributed by atoms with E-state index >= 15 is 0 Å². The van der Waals surface area contributed by atoms with Gasteiger partial charge in [-0.2, -0.15) is 5.26 Å². The van der Waals surface area contributed by atoms with E-state index in [9.17, 15) is 38.7 Å². The summed E-state index contributed by atoms with van der Waals surface area (Å²) in [5, 5.41) is 25.0. The average Bonchev–Trinajstić information content (AvgIpc) is 3.04. The fourth-order valence-electron chi connectivity index (χ4n) is 8.53. The lowest BCUT2D eigenvalue weighted by atomic mass is 9.42. The van der Waals surface area contributed by atoms with Crippen LogP contribution in [0.5, 0.6) is 11.5 Å². The fraction of sp³-hybridized carbons (Fsp3) is 0.351. The van der Waals surface area contributed by atoms with Crippen molar-refractivity contribution in [2.75, 3.05) is 21.2 Å². The number of aromatic hydroxyl groups is 1. The molecule has 6 atom stereocenters. The molecule has 3 aromatic rings. The lowest BCUT2D eigenvalue weighted by Gasteiger charge is -2.60. The number of Topliss-reactive ketones (excluding diaryl/α,β-unsaturated/α-hetero) is 4. The second-order valence-electron chi connectivity index (χ2n) is 13.9. The van der Waals surface area contributed by atoms with Gasteiger partial charge in [-0.1, -0.05) is 24.3 Å². The van der Waals surface area contributed by atoms with Crippen molar-refractivity contribution in [3.8, 4) is 28.7 Å². The summed E-state index contributed by atoms with van der Waals surface area (Å²) in [4.78, 5) is 70.5. The monoisotopic (exact) mass is 696 g/mol. The zero-order valence-corrected chi connectivity index (χ0v) is 28.2. The smallest absolute Gasteiger partial charge is 0.235 e. The van der Waals surface area contributed by atoms with E-state index in [4.69, 9.17) is 21.9 Å². The van der Waals surface area contributed by atoms with Gasteiger partial charge in [-0.05, 0) is 79.5 Å². The molecule has 0 heterocycles. The van der Waals surface area contributed by atoms with Gasteiger partial charge in [0.2, 0.25) is 5.91 Å². The normalized spacial score (nSPS) is 28.5. The van der Waals surface area contributed by atoms with Gasteiger partial charge in [-0.15, -0.1) is 0 Å². The van der Waals surface area contributed by atoms with Crippen LogP contribution in [-0.2, 0) is 38.7 Å². The topological polar surface area (TPSA) is 232 Å². The Morgan fingerprint density at radius 3 is 2.33 bits per heavy atom. The maximum Gasteiger partial charge on any atom is 0.235 e. The number of phenolic OH excluding ortho intramolecular Hbond substituents is 1. The molecule has 2 fully saturated rings. The van der Waals surface area contributed by atoms with Crippen molar-refractivity contribution < 1.29 is 38.2 Å². The maximum absolute atomic E-state index is 14.6. The van der Waals surface area contributed by atoms with Crippen LogP contribution in [0.4, 0.5) is 4.39 Å². The van der Waals surface area contributed by atoms with Gasteiger partial charge in [0.1, 0.15) is 23.2 Å². The molecule has 6 rings (SSSR count). The van der Waals surface area contributed by atoms with Crippen molar-refractivity contribution in [1.82, 2.24) is 10.2 Å². The zero-order chi connectivity index (χ0) is 37.2. The predicted molar refractivity (Wildman–Crippen MR) is 180 cm³/mol. The SMILES string of the molecule is COc1ccc(CNCc2cccc(F)c2)cc1-c1ccc(O)c2c1C[C@@]1(N)C[C@@]3(N)[C@H](N(C)C)C(=O)C(C(N)=O)C(=O)[C@@]3(C#N)C(=O)C1C2=O. The number of phenols is 1. The van der Waals surface area contributed by atoms with Crippen LogP contribution in [0, 0.1) is 34.4 Å². The van der Waals surface area contributed by atoms with Gasteiger partial charge in [0.15, 0.2) is 34.5 Å². The van der Waals surface area contributed by atoms with E-state index in [-0.39, 0.29) is 23.4 Å². The minimum atomic E-state index is -2.83. The third-order valence-electron chi connectivity index (χ3n) is 10.6. The molecule has 8 N–H and O–H groups in total. The van der Waals surface area contributed by atoms with Crippen LogP contribution < -0.4 is 27.3 Å². The number of methoxy groups -OCH3 is 1. The molecule has 1 amide bonds. The molecule has 3 aromatic carbocycles. The van der Waals surface area contributed by atoms with Gasteiger partial charge in [0.05, 0.1) is 30.3 Å². The van der Waals surface area contributed by atoms with Crippen LogP contribution in [-0.4, -0.2) is 77.4 Å². The number of amides is 1. The van der Waals surface area contributed by atoms with Crippen molar-refractivity contribution >= 4 is 29.0 Å². The maximum atomic E-state index is 14.6. The first-order valence-electron chi connectivity index (χ1n) is 16.1. The molecule has 14 heteroatoms. The average molecular weight is 697 g/mol. The second-order valence-corrected chi connectivity index (χ2v) is 13.9. The minimum Gasteiger partial charge on any atom is -0.507 e. The quantitative estimate of drug-likeness (QED) is 0.207. The highest BCUT2D eigenvalue weighted by atomic mass is 19.1. The standard InChI is InChI=1S/C37H37FN6O7/c1-44(2)31-30(47)27(34(40)50)32(48)36(17-39)33(49)28-29(46)26-23(13-35(28,41)16-37(31,36)42)21(8-9-24(26)45)22-12-19(7-10-25(22)51-3)15-43-14-18-5-4-6-20(38)11-18/h4-12,27-28,31,43,45H,13-16,41-42H2,1-3H3,(H2,40,50)/t27?,28?,31-,35-,36+,37-/m1/s1. The molecule has 3 aliphatic rings. The molecule has 3 aliphatic carbocycles. The highest BCUT2D eigenvalue weighted by Crippen LogP contribution is 2.57. The summed E-state index contributed by atoms with van der Waals surface area (Å²) in [6.07, 6.45) is -0.765. The van der Waals surface area contributed by atoms with Crippen LogP contribution in [0.3, 0.4) is 0 Å². The molecule has 264 valence electrons. The summed E-state index contributed by atoms with van der Waals surface area (Å²) in [7, 11) is 4.35. The summed E-state index contributed by atoms with van der Waals surface area (Å²) < 4.78 is 19.4. The predicted octanol–water partition coefficient (Wildman–Crippen LogP) is 0.913. The first kappa shape index (κ1) is 35.5. The summed E-state index contributed by atoms with van der Waals surface area (Å²) in [5.74, 6) is -10.3. The van der Waals surface area contributed by atoms with E-state index in [0.717, 1.165) is 11.1 Å². The molecule has 2 saturated carbocycles. The lowest BCUT2D eigenvalue weighted by Crippen LogP contribution is -2.85. The van der Waals surface area contributed by atoms with E-state index in [1.807, 2.05) is 12.1 Å². The highest BCUT2D eigenvalue weighted by Gasteiger charge is 2.78. The Labute approximate surface area is 292 Å². The third-order valence-corrected chi connectivity index (χ3v) is 10.6. The number of nitrogens with one attached hydrogen (secondary N) is 1. The first-order chi connectivity index (χ1) is 24.1. The molecule has 0 aromatic heterocycles. The molecule has 0 spiro atoms. The number of nitrogens with two attached hydrogens (primary N) is 3. The van der Waals surface area contributed by atoms with E-state index in [0.29, 0.717) is 30.0 Å². The van der Waals surface area contributed by atoms with Crippen LogP contribution in [0.15, 0.2) is 54.6 Å². The largest absolute Gasteiger partial charge is 0.507 e. The molecular weight excluding hydrogens is 659 g/mol. The van der Waals surface area contributed by atoms with Gasteiger partial charge in [-0.25, -0.2) is 4.39 Å². The number of rotatable bonds is 8. The van der Waals surface area contributed by atoms with Gasteiger partial charge in [-0.3, -0.25) is 28.9 Å². The van der Waals surface area contributed by atoms with E-state index in [2.05, 4.69) is 5.32 Å². The molecule has 13 nitrogen and oxygen atoms in total. The number of hydrogen-bond donors (Lipinski definition) is 5. The first-order valence-corrected chi connectivity index (χ1v) is 16.1. The lowest BCUT2D eigenvalue weighted by molar-refractivity contribution is -0.166. The van der Waals surface area contributed by atoms with Gasteiger partial charge in [0, 0.05) is 24.2 Å². The van der Waals surface area contributed by atoms with Crippen LogP contribution in [0.1, 0.15) is 33.5 Å². The Bertz CT molecular complexity index is 2080. The molecule has 51 heavy (non-hydrogen) atoms. The van der Waals surface area contributed by atoms with Gasteiger partial charge in [0.25, 0.3) is 0 Å². The Morgan fingerprint density at radius 1 is 1.04 bits per heavy atom. The number of ether oxygens (including phenoxy) is 1. The number of halogens is 1. The summed E-state index contributed by atoms with van der Waals surface area (Å²) >= 11 is 0. The van der Waals surface area contributed by atoms with Crippen LogP contribution in [0.2, 0.25) is 0 Å². The summed E-state index contributed by atoms with van der Waals surface area (Å²) in [6, 6.07) is 14.7. The Balaban J connectivity index is 1.46. The summed E-state index contributed by atoms with van der Waals surface area (Å²) in [6.45, 7) is 0.758. The Hall–Kier alpha value is -5.33. The van der Waals surface area contributed by atoms with Gasteiger partial charge < -0.3 is 32.4 Å². The van der Waals surface area contributed by atoms with Crippen molar-refractivity contribution in [3.63, 3.8) is 0 Å². The highest BCUT2D eigenvalue weighted by molar-refractivity contribution is 6.33. The number of nitriles is 1. The number of carbonyl (C=O) groups is 5.